The molecule has 0 saturated heterocycles. The maximum atomic E-state index is 11.3. The minimum atomic E-state index is -0.120. The molecule has 0 unspecified atom stereocenters. The van der Waals surface area contributed by atoms with Crippen LogP contribution in [-0.4, -0.2) is 18.6 Å². The number of para-hydroxylation sites is 1. The Morgan fingerprint density at radius 3 is 2.64 bits per heavy atom. The summed E-state index contributed by atoms with van der Waals surface area (Å²) in [5.74, 6) is -0.120. The molecule has 0 fully saturated rings. The van der Waals surface area contributed by atoms with Crippen LogP contribution in [0.2, 0.25) is 0 Å². The van der Waals surface area contributed by atoms with E-state index in [2.05, 4.69) is 5.32 Å². The van der Waals surface area contributed by atoms with Gasteiger partial charge in [0.25, 0.3) is 0 Å². The lowest BCUT2D eigenvalue weighted by Gasteiger charge is -2.07. The number of carbonyl (C=O) groups is 1. The van der Waals surface area contributed by atoms with Crippen molar-refractivity contribution in [2.75, 3.05) is 11.9 Å². The van der Waals surface area contributed by atoms with Crippen molar-refractivity contribution in [3.63, 3.8) is 0 Å². The molecule has 14 heavy (non-hydrogen) atoms. The Hall–Kier alpha value is -1.35. The molecule has 1 aromatic carbocycles. The van der Waals surface area contributed by atoms with Crippen LogP contribution in [0.5, 0.6) is 0 Å². The molecule has 0 aromatic heterocycles. The van der Waals surface area contributed by atoms with Crippen LogP contribution in [0.4, 0.5) is 5.69 Å². The molecule has 78 valence electrons. The third-order valence-corrected chi connectivity index (χ3v) is 1.61. The fraction of sp³-hybridized carbons (Fsp3) is 0.364. The first-order valence-corrected chi connectivity index (χ1v) is 4.65. The van der Waals surface area contributed by atoms with Gasteiger partial charge in [-0.25, -0.2) is 0 Å². The van der Waals surface area contributed by atoms with Crippen molar-refractivity contribution in [2.45, 2.75) is 20.0 Å². The molecule has 1 N–H and O–H groups in total. The molecule has 1 aromatic rings. The van der Waals surface area contributed by atoms with Gasteiger partial charge in [0.05, 0.1) is 6.10 Å². The fourth-order valence-electron chi connectivity index (χ4n) is 0.961. The number of amides is 1. The van der Waals surface area contributed by atoms with Crippen LogP contribution >= 0.6 is 0 Å². The second kappa shape index (κ2) is 5.40. The summed E-state index contributed by atoms with van der Waals surface area (Å²) in [4.78, 5) is 11.3. The van der Waals surface area contributed by atoms with Gasteiger partial charge in [-0.15, -0.1) is 0 Å². The van der Waals surface area contributed by atoms with Crippen LogP contribution in [-0.2, 0) is 9.53 Å². The molecule has 0 aliphatic heterocycles. The first-order valence-electron chi connectivity index (χ1n) is 4.65. The predicted octanol–water partition coefficient (Wildman–Crippen LogP) is 2.30. The van der Waals surface area contributed by atoms with Crippen LogP contribution in [0.25, 0.3) is 0 Å². The summed E-state index contributed by atoms with van der Waals surface area (Å²) in [6.45, 7) is 3.90. The summed E-state index contributed by atoms with van der Waals surface area (Å²) in [5.41, 5.74) is 0.796. The van der Waals surface area contributed by atoms with Gasteiger partial charge < -0.3 is 10.1 Å². The molecule has 3 nitrogen and oxygen atoms in total. The van der Waals surface area contributed by atoms with Crippen LogP contribution in [0, 0.1) is 0 Å². The van der Waals surface area contributed by atoms with Gasteiger partial charge in [0.2, 0.25) is 5.91 Å². The molecule has 0 radical (unpaired) electrons. The Morgan fingerprint density at radius 2 is 2.07 bits per heavy atom. The summed E-state index contributed by atoms with van der Waals surface area (Å²) in [7, 11) is 0. The molecule has 3 heteroatoms. The Kier molecular flexibility index (Phi) is 4.13. The zero-order chi connectivity index (χ0) is 10.4. The topological polar surface area (TPSA) is 38.3 Å². The molecule has 0 aliphatic rings. The normalized spacial score (nSPS) is 10.2. The average Bonchev–Trinajstić information content (AvgIpc) is 2.16. The summed E-state index contributed by atoms with van der Waals surface area (Å²) in [6.07, 6.45) is 0.0801. The molecule has 0 atom stereocenters. The first-order chi connectivity index (χ1) is 6.68. The third-order valence-electron chi connectivity index (χ3n) is 1.61. The van der Waals surface area contributed by atoms with Gasteiger partial charge in [0, 0.05) is 7.11 Å². The zero-order valence-corrected chi connectivity index (χ0v) is 8.49. The van der Waals surface area contributed by atoms with E-state index in [1.165, 1.54) is 0 Å². The van der Waals surface area contributed by atoms with Crippen LogP contribution in [0.1, 0.15) is 15.3 Å². The van der Waals surface area contributed by atoms with Crippen molar-refractivity contribution in [3.8, 4) is 0 Å². The van der Waals surface area contributed by atoms with Gasteiger partial charge in [-0.1, -0.05) is 18.2 Å². The first kappa shape index (κ1) is 10.7. The smallest absolute Gasteiger partial charge is 0.250 e. The van der Waals surface area contributed by atoms with Crippen molar-refractivity contribution in [1.29, 1.82) is 0 Å². The second-order valence-corrected chi connectivity index (χ2v) is 3.27. The number of benzene rings is 1. The highest BCUT2D eigenvalue weighted by atomic mass is 16.5. The number of carbonyl (C=O) groups excluding carboxylic acids is 1. The van der Waals surface area contributed by atoms with Gasteiger partial charge in [0.1, 0.15) is 6.61 Å². The van der Waals surface area contributed by atoms with Crippen molar-refractivity contribution < 1.29 is 11.0 Å². The molecular weight excluding hydrogens is 178 g/mol. The van der Waals surface area contributed by atoms with E-state index in [0.717, 1.165) is 5.69 Å². The molecular formula is C11H17NO2. The number of ether oxygens (including phenoxy) is 1. The summed E-state index contributed by atoms with van der Waals surface area (Å²) < 4.78 is 5.16. The van der Waals surface area contributed by atoms with E-state index in [1.54, 1.807) is 0 Å². The highest BCUT2D eigenvalue weighted by Crippen LogP contribution is 2.04. The fourth-order valence-corrected chi connectivity index (χ4v) is 0.961. The van der Waals surface area contributed by atoms with E-state index >= 15 is 0 Å². The quantitative estimate of drug-likeness (QED) is 0.800. The molecule has 0 saturated carbocycles. The van der Waals surface area contributed by atoms with E-state index in [4.69, 9.17) is 4.74 Å². The number of anilines is 1. The summed E-state index contributed by atoms with van der Waals surface area (Å²) >= 11 is 0. The Bertz CT molecular complexity index is 288. The molecule has 1 amide bonds. The van der Waals surface area contributed by atoms with E-state index in [-0.39, 0.29) is 20.0 Å². The van der Waals surface area contributed by atoms with Gasteiger partial charge in [0.15, 0.2) is 0 Å². The minimum Gasteiger partial charge on any atom is -0.369 e. The predicted molar refractivity (Wildman–Crippen MR) is 58.3 cm³/mol. The maximum Gasteiger partial charge on any atom is 0.250 e. The van der Waals surface area contributed by atoms with Crippen molar-refractivity contribution >= 4 is 11.6 Å². The lowest BCUT2D eigenvalue weighted by Crippen LogP contribution is -2.20. The second-order valence-electron chi connectivity index (χ2n) is 3.27. The third kappa shape index (κ3) is 4.05. The van der Waals surface area contributed by atoms with E-state index in [1.807, 2.05) is 44.2 Å². The minimum absolute atomic E-state index is 0. The summed E-state index contributed by atoms with van der Waals surface area (Å²) in [6, 6.07) is 9.33. The molecule has 0 spiro atoms. The lowest BCUT2D eigenvalue weighted by molar-refractivity contribution is -0.121. The van der Waals surface area contributed by atoms with Crippen molar-refractivity contribution in [1.82, 2.24) is 0 Å². The monoisotopic (exact) mass is 195 g/mol. The van der Waals surface area contributed by atoms with Crippen LogP contribution in [0.15, 0.2) is 30.3 Å². The number of rotatable bonds is 4. The van der Waals surface area contributed by atoms with E-state index < -0.39 is 0 Å². The van der Waals surface area contributed by atoms with Gasteiger partial charge in [-0.05, 0) is 26.0 Å². The van der Waals surface area contributed by atoms with E-state index in [0.29, 0.717) is 0 Å². The zero-order valence-electron chi connectivity index (χ0n) is 8.49. The van der Waals surface area contributed by atoms with Gasteiger partial charge >= 0.3 is 0 Å². The standard InChI is InChI=1S/C11H15NO2.H2/c1-9(2)14-8-11(13)12-10-6-4-3-5-7-10;/h3-7,9H,8H2,1-2H3,(H,12,13);1H. The number of hydrogen-bond donors (Lipinski definition) is 1. The highest BCUT2D eigenvalue weighted by molar-refractivity contribution is 5.91. The Balaban J connectivity index is 0.00000196. The van der Waals surface area contributed by atoms with Crippen LogP contribution in [0.3, 0.4) is 0 Å². The number of nitrogens with one attached hydrogen (secondary N) is 1. The van der Waals surface area contributed by atoms with Gasteiger partial charge in [-0.3, -0.25) is 4.79 Å². The van der Waals surface area contributed by atoms with Gasteiger partial charge in [-0.2, -0.15) is 0 Å². The van der Waals surface area contributed by atoms with Crippen molar-refractivity contribution in [3.05, 3.63) is 30.3 Å². The largest absolute Gasteiger partial charge is 0.369 e. The average molecular weight is 195 g/mol. The Labute approximate surface area is 85.6 Å². The maximum absolute atomic E-state index is 11.3. The lowest BCUT2D eigenvalue weighted by atomic mass is 10.3. The molecule has 0 heterocycles. The molecule has 0 aliphatic carbocycles. The highest BCUT2D eigenvalue weighted by Gasteiger charge is 2.02. The SMILES string of the molecule is CC(C)OCC(=O)Nc1ccccc1.[HH]. The molecule has 0 bridgehead atoms. The van der Waals surface area contributed by atoms with E-state index in [9.17, 15) is 4.79 Å². The Morgan fingerprint density at radius 1 is 1.43 bits per heavy atom. The summed E-state index contributed by atoms with van der Waals surface area (Å²) in [5, 5.41) is 2.73. The number of hydrogen-bond acceptors (Lipinski definition) is 2. The molecule has 1 rings (SSSR count). The van der Waals surface area contributed by atoms with Crippen LogP contribution < -0.4 is 5.32 Å². The van der Waals surface area contributed by atoms with Crippen molar-refractivity contribution in [2.24, 2.45) is 0 Å².